The van der Waals surface area contributed by atoms with Crippen LogP contribution in [0, 0.1) is 0 Å². The van der Waals surface area contributed by atoms with Gasteiger partial charge in [0, 0.05) is 55.6 Å². The highest BCUT2D eigenvalue weighted by atomic mass is 16.5. The maximum absolute atomic E-state index is 12.9. The number of nitrogens with zero attached hydrogens (tertiary/aromatic N) is 3. The number of aromatic nitrogens is 2. The molecule has 2 aromatic carbocycles. The third-order valence-corrected chi connectivity index (χ3v) is 6.36. The number of amides is 1. The number of hydrogen-bond donors (Lipinski definition) is 2. The normalized spacial score (nSPS) is 13.8. The molecular formula is C28H26N4O4. The van der Waals surface area contributed by atoms with Crippen molar-refractivity contribution in [1.82, 2.24) is 14.5 Å². The van der Waals surface area contributed by atoms with Crippen molar-refractivity contribution < 1.29 is 19.4 Å². The van der Waals surface area contributed by atoms with Crippen LogP contribution in [0.5, 0.6) is 11.5 Å². The van der Waals surface area contributed by atoms with Crippen LogP contribution in [0.2, 0.25) is 0 Å². The molecule has 8 heteroatoms. The smallest absolute Gasteiger partial charge is 0.253 e. The summed E-state index contributed by atoms with van der Waals surface area (Å²) < 4.78 is 7.66. The molecule has 2 aromatic heterocycles. The standard InChI is InChI=1S/C28H26N4O4/c1-3-32(14-12-29)28(35)18-9-7-17(8-10-18)20-11-13-30-27-24(20)19(16-31(27)2)15-23-26(34)25-21(33)5-4-6-22(25)36-23/h4-11,13,15-16,33H,3,12,14,29H2,1-2H3/b23-15-. The van der Waals surface area contributed by atoms with Crippen LogP contribution >= 0.6 is 0 Å². The number of fused-ring (bicyclic) bond motifs is 2. The Hall–Kier alpha value is -4.43. The van der Waals surface area contributed by atoms with Crippen LogP contribution in [0.25, 0.3) is 28.2 Å². The average molecular weight is 483 g/mol. The van der Waals surface area contributed by atoms with Crippen molar-refractivity contribution in [3.05, 3.63) is 83.4 Å². The Bertz CT molecular complexity index is 1520. The molecule has 0 atom stereocenters. The van der Waals surface area contributed by atoms with Crippen molar-refractivity contribution in [3.8, 4) is 22.6 Å². The second-order valence-electron chi connectivity index (χ2n) is 8.59. The Morgan fingerprint density at radius 2 is 1.97 bits per heavy atom. The zero-order valence-electron chi connectivity index (χ0n) is 20.1. The van der Waals surface area contributed by atoms with Crippen molar-refractivity contribution in [2.45, 2.75) is 6.92 Å². The van der Waals surface area contributed by atoms with Crippen LogP contribution in [0.4, 0.5) is 0 Å². The Balaban J connectivity index is 1.55. The number of likely N-dealkylation sites (N-methyl/N-ethyl adjacent to an activating group) is 1. The predicted molar refractivity (Wildman–Crippen MR) is 138 cm³/mol. The molecule has 8 nitrogen and oxygen atoms in total. The van der Waals surface area contributed by atoms with Gasteiger partial charge in [-0.2, -0.15) is 0 Å². The van der Waals surface area contributed by atoms with E-state index in [1.165, 1.54) is 6.07 Å². The third kappa shape index (κ3) is 3.91. The van der Waals surface area contributed by atoms with E-state index in [4.69, 9.17) is 10.5 Å². The minimum atomic E-state index is -0.369. The molecule has 0 saturated heterocycles. The van der Waals surface area contributed by atoms with Crippen molar-refractivity contribution in [2.75, 3.05) is 19.6 Å². The molecule has 3 heterocycles. The number of Topliss-reactive ketones (excluding diaryl/α,β-unsaturated/α-hetero) is 1. The number of phenols is 1. The summed E-state index contributed by atoms with van der Waals surface area (Å²) in [7, 11) is 1.89. The number of nitrogens with two attached hydrogens (primary N) is 1. The monoisotopic (exact) mass is 482 g/mol. The lowest BCUT2D eigenvalue weighted by atomic mass is 9.99. The predicted octanol–water partition coefficient (Wildman–Crippen LogP) is 3.98. The van der Waals surface area contributed by atoms with Gasteiger partial charge in [-0.05, 0) is 54.5 Å². The first-order valence-electron chi connectivity index (χ1n) is 11.7. The van der Waals surface area contributed by atoms with Gasteiger partial charge in [-0.15, -0.1) is 0 Å². The van der Waals surface area contributed by atoms with Gasteiger partial charge in [0.05, 0.1) is 0 Å². The molecule has 4 aromatic rings. The summed E-state index contributed by atoms with van der Waals surface area (Å²) in [6.07, 6.45) is 5.30. The maximum Gasteiger partial charge on any atom is 0.253 e. The van der Waals surface area contributed by atoms with E-state index in [0.717, 1.165) is 27.7 Å². The molecule has 0 aliphatic carbocycles. The first kappa shape index (κ1) is 23.3. The number of carbonyl (C=O) groups excluding carboxylic acids is 2. The van der Waals surface area contributed by atoms with Gasteiger partial charge in [0.25, 0.3) is 5.91 Å². The Labute approximate surface area is 208 Å². The highest BCUT2D eigenvalue weighted by Crippen LogP contribution is 2.39. The molecule has 0 spiro atoms. The lowest BCUT2D eigenvalue weighted by Crippen LogP contribution is -2.35. The zero-order valence-corrected chi connectivity index (χ0v) is 20.1. The van der Waals surface area contributed by atoms with E-state index in [1.807, 2.05) is 55.1 Å². The first-order valence-corrected chi connectivity index (χ1v) is 11.7. The van der Waals surface area contributed by atoms with Gasteiger partial charge in [-0.25, -0.2) is 4.98 Å². The second kappa shape index (κ2) is 9.31. The molecule has 1 aliphatic heterocycles. The lowest BCUT2D eigenvalue weighted by Gasteiger charge is -2.20. The molecular weight excluding hydrogens is 456 g/mol. The SMILES string of the molecule is CCN(CCN)C(=O)c1ccc(-c2ccnc3c2c(/C=C2\Oc4cccc(O)c4C2=O)cn3C)cc1. The molecule has 182 valence electrons. The van der Waals surface area contributed by atoms with E-state index in [2.05, 4.69) is 4.98 Å². The van der Waals surface area contributed by atoms with Crippen LogP contribution in [-0.4, -0.2) is 50.9 Å². The Morgan fingerprint density at radius 1 is 1.19 bits per heavy atom. The zero-order chi connectivity index (χ0) is 25.4. The van der Waals surface area contributed by atoms with Gasteiger partial charge in [-0.3, -0.25) is 9.59 Å². The summed E-state index contributed by atoms with van der Waals surface area (Å²) in [4.78, 5) is 32.0. The first-order chi connectivity index (χ1) is 17.4. The van der Waals surface area contributed by atoms with Gasteiger partial charge >= 0.3 is 0 Å². The number of rotatable bonds is 6. The molecule has 0 radical (unpaired) electrons. The highest BCUT2D eigenvalue weighted by molar-refractivity contribution is 6.17. The summed E-state index contributed by atoms with van der Waals surface area (Å²) in [5.74, 6) is -0.0651. The number of hydrogen-bond acceptors (Lipinski definition) is 6. The number of aromatic hydroxyl groups is 1. The summed E-state index contributed by atoms with van der Waals surface area (Å²) in [5.41, 5.74) is 9.71. The van der Waals surface area contributed by atoms with Crippen molar-refractivity contribution in [3.63, 3.8) is 0 Å². The number of benzene rings is 2. The van der Waals surface area contributed by atoms with Crippen LogP contribution in [0.15, 0.2) is 66.7 Å². The number of carbonyl (C=O) groups is 2. The van der Waals surface area contributed by atoms with Gasteiger partial charge in [-0.1, -0.05) is 18.2 Å². The fourth-order valence-corrected chi connectivity index (χ4v) is 4.58. The van der Waals surface area contributed by atoms with E-state index >= 15 is 0 Å². The number of allylic oxidation sites excluding steroid dienone is 1. The minimum absolute atomic E-state index is 0.0563. The molecule has 1 aliphatic rings. The van der Waals surface area contributed by atoms with Crippen molar-refractivity contribution >= 4 is 28.8 Å². The van der Waals surface area contributed by atoms with E-state index in [0.29, 0.717) is 30.9 Å². The van der Waals surface area contributed by atoms with Gasteiger partial charge < -0.3 is 25.0 Å². The van der Waals surface area contributed by atoms with Crippen molar-refractivity contribution in [2.24, 2.45) is 12.8 Å². The molecule has 0 bridgehead atoms. The molecule has 3 N–H and O–H groups in total. The minimum Gasteiger partial charge on any atom is -0.507 e. The fraction of sp³-hybridized carbons (Fsp3) is 0.179. The number of aryl methyl sites for hydroxylation is 1. The molecule has 0 fully saturated rings. The van der Waals surface area contributed by atoms with Crippen LogP contribution in [-0.2, 0) is 7.05 Å². The van der Waals surface area contributed by atoms with Crippen LogP contribution < -0.4 is 10.5 Å². The van der Waals surface area contributed by atoms with E-state index in [9.17, 15) is 14.7 Å². The van der Waals surface area contributed by atoms with Gasteiger partial charge in [0.2, 0.25) is 5.78 Å². The number of ether oxygens (including phenoxy) is 1. The summed E-state index contributed by atoms with van der Waals surface area (Å²) >= 11 is 0. The molecule has 1 amide bonds. The van der Waals surface area contributed by atoms with Gasteiger partial charge in [0.15, 0.2) is 5.76 Å². The highest BCUT2D eigenvalue weighted by Gasteiger charge is 2.30. The quantitative estimate of drug-likeness (QED) is 0.402. The summed E-state index contributed by atoms with van der Waals surface area (Å²) in [6, 6.07) is 14.1. The van der Waals surface area contributed by atoms with E-state index in [1.54, 1.807) is 29.3 Å². The van der Waals surface area contributed by atoms with Crippen LogP contribution in [0.3, 0.4) is 0 Å². The van der Waals surface area contributed by atoms with Crippen molar-refractivity contribution in [1.29, 1.82) is 0 Å². The topological polar surface area (TPSA) is 111 Å². The average Bonchev–Trinajstić information content (AvgIpc) is 3.39. The molecule has 0 unspecified atom stereocenters. The Kier molecular flexibility index (Phi) is 6.03. The fourth-order valence-electron chi connectivity index (χ4n) is 4.58. The van der Waals surface area contributed by atoms with E-state index in [-0.39, 0.29) is 28.8 Å². The summed E-state index contributed by atoms with van der Waals surface area (Å²) in [5, 5.41) is 11.0. The number of phenolic OH excluding ortho intramolecular Hbond substituents is 1. The molecule has 0 saturated carbocycles. The van der Waals surface area contributed by atoms with Crippen LogP contribution in [0.1, 0.15) is 33.2 Å². The van der Waals surface area contributed by atoms with E-state index < -0.39 is 0 Å². The molecule has 36 heavy (non-hydrogen) atoms. The largest absolute Gasteiger partial charge is 0.507 e. The number of ketones is 1. The maximum atomic E-state index is 12.9. The van der Waals surface area contributed by atoms with Gasteiger partial charge in [0.1, 0.15) is 22.7 Å². The third-order valence-electron chi connectivity index (χ3n) is 6.36. The lowest BCUT2D eigenvalue weighted by molar-refractivity contribution is 0.0769. The number of pyridine rings is 1. The summed E-state index contributed by atoms with van der Waals surface area (Å²) in [6.45, 7) is 3.44. The molecule has 5 rings (SSSR count). The second-order valence-corrected chi connectivity index (χ2v) is 8.59. The Morgan fingerprint density at radius 3 is 2.67 bits per heavy atom.